The smallest absolute Gasteiger partial charge is 0.345 e. The minimum absolute atomic E-state index is 0.153. The predicted octanol–water partition coefficient (Wildman–Crippen LogP) is 3.55. The molecule has 0 saturated heterocycles. The third kappa shape index (κ3) is 3.43. The number of methoxy groups -OCH3 is 1. The van der Waals surface area contributed by atoms with Crippen LogP contribution in [0.25, 0.3) is 0 Å². The van der Waals surface area contributed by atoms with Gasteiger partial charge in [0.2, 0.25) is 0 Å². The zero-order chi connectivity index (χ0) is 13.2. The van der Waals surface area contributed by atoms with Gasteiger partial charge in [-0.1, -0.05) is 0 Å². The van der Waals surface area contributed by atoms with Crippen LogP contribution in [0, 0.1) is 5.82 Å². The van der Waals surface area contributed by atoms with Gasteiger partial charge < -0.3 is 9.47 Å². The summed E-state index contributed by atoms with van der Waals surface area (Å²) in [4.78, 5) is 11.9. The molecule has 0 bridgehead atoms. The molecule has 0 radical (unpaired) electrons. The molecule has 0 spiro atoms. The van der Waals surface area contributed by atoms with Crippen molar-refractivity contribution in [1.82, 2.24) is 0 Å². The van der Waals surface area contributed by atoms with E-state index in [1.54, 1.807) is 20.8 Å². The molecule has 0 saturated carbocycles. The number of benzene rings is 1. The molecule has 0 amide bonds. The zero-order valence-electron chi connectivity index (χ0n) is 10.1. The van der Waals surface area contributed by atoms with Crippen LogP contribution in [0.15, 0.2) is 16.6 Å². The first kappa shape index (κ1) is 14.0. The van der Waals surface area contributed by atoms with Crippen molar-refractivity contribution >= 4 is 21.9 Å². The van der Waals surface area contributed by atoms with Crippen molar-refractivity contribution in [3.8, 4) is 5.75 Å². The summed E-state index contributed by atoms with van der Waals surface area (Å²) < 4.78 is 24.1. The summed E-state index contributed by atoms with van der Waals surface area (Å²) in [6.07, 6.45) is 0. The van der Waals surface area contributed by atoms with Crippen molar-refractivity contribution in [2.45, 2.75) is 26.4 Å². The first-order valence-corrected chi connectivity index (χ1v) is 5.81. The number of halogens is 2. The molecule has 1 rings (SSSR count). The van der Waals surface area contributed by atoms with Gasteiger partial charge in [0, 0.05) is 0 Å². The standard InChI is InChI=1S/C12H14BrFO3/c1-12(2,3)17-11(15)9-8(16-4)6-5-7(13)10(9)14/h5-6H,1-4H3. The molecule has 94 valence electrons. The Kier molecular flexibility index (Phi) is 4.14. The lowest BCUT2D eigenvalue weighted by atomic mass is 10.1. The van der Waals surface area contributed by atoms with E-state index in [-0.39, 0.29) is 15.8 Å². The third-order valence-corrected chi connectivity index (χ3v) is 2.49. The molecule has 5 heteroatoms. The van der Waals surface area contributed by atoms with Crippen LogP contribution in [-0.2, 0) is 4.74 Å². The lowest BCUT2D eigenvalue weighted by molar-refractivity contribution is 0.00613. The van der Waals surface area contributed by atoms with E-state index in [0.29, 0.717) is 0 Å². The van der Waals surface area contributed by atoms with Crippen molar-refractivity contribution in [3.05, 3.63) is 28.0 Å². The highest BCUT2D eigenvalue weighted by atomic mass is 79.9. The van der Waals surface area contributed by atoms with E-state index in [4.69, 9.17) is 9.47 Å². The molecule has 0 aliphatic carbocycles. The second-order valence-corrected chi connectivity index (χ2v) is 5.29. The zero-order valence-corrected chi connectivity index (χ0v) is 11.7. The summed E-state index contributed by atoms with van der Waals surface area (Å²) in [5.74, 6) is -1.27. The van der Waals surface area contributed by atoms with Gasteiger partial charge in [-0.15, -0.1) is 0 Å². The Morgan fingerprint density at radius 3 is 2.41 bits per heavy atom. The van der Waals surface area contributed by atoms with Gasteiger partial charge in [-0.3, -0.25) is 0 Å². The summed E-state index contributed by atoms with van der Waals surface area (Å²) in [7, 11) is 1.37. The molecule has 0 aliphatic rings. The molecule has 0 fully saturated rings. The maximum Gasteiger partial charge on any atom is 0.345 e. The van der Waals surface area contributed by atoms with E-state index >= 15 is 0 Å². The Morgan fingerprint density at radius 1 is 1.35 bits per heavy atom. The summed E-state index contributed by atoms with van der Waals surface area (Å²) >= 11 is 3.02. The van der Waals surface area contributed by atoms with E-state index < -0.39 is 17.4 Å². The molecule has 3 nitrogen and oxygen atoms in total. The van der Waals surface area contributed by atoms with E-state index in [0.717, 1.165) is 0 Å². The maximum atomic E-state index is 13.8. The number of carbonyl (C=O) groups is 1. The molecule has 0 heterocycles. The average molecular weight is 305 g/mol. The second kappa shape index (κ2) is 5.04. The lowest BCUT2D eigenvalue weighted by Gasteiger charge is -2.20. The van der Waals surface area contributed by atoms with Gasteiger partial charge in [-0.05, 0) is 48.8 Å². The fourth-order valence-corrected chi connectivity index (χ4v) is 1.55. The number of hydrogen-bond donors (Lipinski definition) is 0. The van der Waals surface area contributed by atoms with Crippen LogP contribution in [-0.4, -0.2) is 18.7 Å². The van der Waals surface area contributed by atoms with Gasteiger partial charge in [0.05, 0.1) is 11.6 Å². The van der Waals surface area contributed by atoms with Crippen molar-refractivity contribution in [2.75, 3.05) is 7.11 Å². The molecule has 0 aromatic heterocycles. The average Bonchev–Trinajstić information content (AvgIpc) is 2.19. The fraction of sp³-hybridized carbons (Fsp3) is 0.417. The highest BCUT2D eigenvalue weighted by Crippen LogP contribution is 2.29. The molecule has 1 aromatic rings. The van der Waals surface area contributed by atoms with Crippen molar-refractivity contribution < 1.29 is 18.7 Å². The fourth-order valence-electron chi connectivity index (χ4n) is 1.22. The Hall–Kier alpha value is -1.10. The molecular formula is C12H14BrFO3. The van der Waals surface area contributed by atoms with Crippen LogP contribution < -0.4 is 4.74 Å². The number of ether oxygens (including phenoxy) is 2. The quantitative estimate of drug-likeness (QED) is 0.784. The summed E-state index contributed by atoms with van der Waals surface area (Å²) in [6.45, 7) is 5.15. The Labute approximate surface area is 108 Å². The van der Waals surface area contributed by atoms with E-state index in [1.807, 2.05) is 0 Å². The molecule has 0 atom stereocenters. The van der Waals surface area contributed by atoms with Crippen molar-refractivity contribution in [1.29, 1.82) is 0 Å². The van der Waals surface area contributed by atoms with Crippen LogP contribution in [0.5, 0.6) is 5.75 Å². The third-order valence-electron chi connectivity index (χ3n) is 1.88. The van der Waals surface area contributed by atoms with E-state index in [1.165, 1.54) is 19.2 Å². The summed E-state index contributed by atoms with van der Waals surface area (Å²) in [6, 6.07) is 2.98. The minimum atomic E-state index is -0.742. The minimum Gasteiger partial charge on any atom is -0.496 e. The van der Waals surface area contributed by atoms with Crippen molar-refractivity contribution in [3.63, 3.8) is 0 Å². The Morgan fingerprint density at radius 2 is 1.94 bits per heavy atom. The van der Waals surface area contributed by atoms with Crippen molar-refractivity contribution in [2.24, 2.45) is 0 Å². The largest absolute Gasteiger partial charge is 0.496 e. The van der Waals surface area contributed by atoms with Gasteiger partial charge in [-0.25, -0.2) is 9.18 Å². The maximum absolute atomic E-state index is 13.8. The monoisotopic (exact) mass is 304 g/mol. The molecular weight excluding hydrogens is 291 g/mol. The van der Waals surface area contributed by atoms with E-state index in [9.17, 15) is 9.18 Å². The highest BCUT2D eigenvalue weighted by Gasteiger charge is 2.25. The number of carbonyl (C=O) groups excluding carboxylic acids is 1. The molecule has 0 unspecified atom stereocenters. The van der Waals surface area contributed by atoms with Gasteiger partial charge >= 0.3 is 5.97 Å². The molecule has 1 aromatic carbocycles. The SMILES string of the molecule is COc1ccc(Br)c(F)c1C(=O)OC(C)(C)C. The Bertz CT molecular complexity index is 438. The van der Waals surface area contributed by atoms with Gasteiger partial charge in [0.1, 0.15) is 16.9 Å². The topological polar surface area (TPSA) is 35.5 Å². The van der Waals surface area contributed by atoms with Crippen LogP contribution in [0.2, 0.25) is 0 Å². The molecule has 17 heavy (non-hydrogen) atoms. The summed E-state index contributed by atoms with van der Waals surface area (Å²) in [5.41, 5.74) is -0.881. The first-order chi connectivity index (χ1) is 7.76. The van der Waals surface area contributed by atoms with Crippen LogP contribution in [0.3, 0.4) is 0 Å². The highest BCUT2D eigenvalue weighted by molar-refractivity contribution is 9.10. The molecule has 0 aliphatic heterocycles. The first-order valence-electron chi connectivity index (χ1n) is 5.01. The number of hydrogen-bond acceptors (Lipinski definition) is 3. The number of rotatable bonds is 2. The van der Waals surface area contributed by atoms with Crippen LogP contribution >= 0.6 is 15.9 Å². The van der Waals surface area contributed by atoms with Gasteiger partial charge in [0.15, 0.2) is 5.82 Å². The molecule has 0 N–H and O–H groups in total. The Balaban J connectivity index is 3.20. The van der Waals surface area contributed by atoms with E-state index in [2.05, 4.69) is 15.9 Å². The summed E-state index contributed by atoms with van der Waals surface area (Å²) in [5, 5.41) is 0. The number of esters is 1. The van der Waals surface area contributed by atoms with Crippen LogP contribution in [0.4, 0.5) is 4.39 Å². The van der Waals surface area contributed by atoms with Gasteiger partial charge in [0.25, 0.3) is 0 Å². The normalized spacial score (nSPS) is 11.2. The van der Waals surface area contributed by atoms with Gasteiger partial charge in [-0.2, -0.15) is 0 Å². The van der Waals surface area contributed by atoms with Crippen LogP contribution in [0.1, 0.15) is 31.1 Å². The lowest BCUT2D eigenvalue weighted by Crippen LogP contribution is -2.25. The predicted molar refractivity (Wildman–Crippen MR) is 65.8 cm³/mol. The second-order valence-electron chi connectivity index (χ2n) is 4.44.